The molecule has 1 saturated heterocycles. The minimum Gasteiger partial charge on any atom is -0.486 e. The molecule has 4 rings (SSSR count). The summed E-state index contributed by atoms with van der Waals surface area (Å²) in [6, 6.07) is 6.66. The summed E-state index contributed by atoms with van der Waals surface area (Å²) in [5.74, 6) is 2.67. The highest BCUT2D eigenvalue weighted by Gasteiger charge is 2.41. The zero-order chi connectivity index (χ0) is 21.8. The van der Waals surface area contributed by atoms with Crippen molar-refractivity contribution in [3.8, 4) is 11.5 Å². The number of nitrogens with zero attached hydrogens (tertiary/aromatic N) is 1. The molecule has 3 aliphatic rings. The van der Waals surface area contributed by atoms with E-state index in [2.05, 4.69) is 32.0 Å². The van der Waals surface area contributed by atoms with Gasteiger partial charge in [0.05, 0.1) is 31.7 Å². The van der Waals surface area contributed by atoms with Crippen molar-refractivity contribution in [2.24, 2.45) is 17.6 Å². The Morgan fingerprint density at radius 1 is 1.06 bits per heavy atom. The molecule has 2 N–H and O–H groups in total. The number of Topliss-reactive ketones (excluding diaryl/α,β-unsaturated/α-hetero) is 1. The van der Waals surface area contributed by atoms with Gasteiger partial charge in [-0.3, -0.25) is 4.79 Å². The van der Waals surface area contributed by atoms with E-state index in [1.54, 1.807) is 0 Å². The minimum absolute atomic E-state index is 0.227. The van der Waals surface area contributed by atoms with Gasteiger partial charge in [0.25, 0.3) is 0 Å². The average molecular weight is 430 g/mol. The van der Waals surface area contributed by atoms with E-state index in [0.717, 1.165) is 67.7 Å². The molecule has 1 aromatic carbocycles. The number of likely N-dealkylation sites (N-methyl/N-ethyl adjacent to an activating group) is 1. The number of ether oxygens (including phenoxy) is 2. The number of carbonyl (C=O) groups is 1. The Morgan fingerprint density at radius 3 is 2.42 bits per heavy atom. The van der Waals surface area contributed by atoms with Crippen LogP contribution in [0.4, 0.5) is 0 Å². The van der Waals surface area contributed by atoms with Gasteiger partial charge in [-0.1, -0.05) is 25.3 Å². The van der Waals surface area contributed by atoms with Gasteiger partial charge in [-0.15, -0.1) is 0 Å². The van der Waals surface area contributed by atoms with Crippen LogP contribution in [0, 0.1) is 11.8 Å². The number of ketones is 1. The number of benzene rings is 1. The number of quaternary nitrogens is 1. The Morgan fingerprint density at radius 2 is 1.74 bits per heavy atom. The predicted octanol–water partition coefficient (Wildman–Crippen LogP) is 4.11. The first-order valence-electron chi connectivity index (χ1n) is 12.6. The standard InChI is InChI=1S/C26H41N2O3/c1-3-28(19(2)17-20-9-10-23-24(18-20)31-16-15-30-23)13-11-21(12-14-28)25(27)26(29)22-7-5-4-6-8-22/h9-10,18-19,21-22,25H,3-8,11-17,27H2,1-2H3/q+1. The van der Waals surface area contributed by atoms with Gasteiger partial charge >= 0.3 is 0 Å². The first-order chi connectivity index (χ1) is 15.0. The quantitative estimate of drug-likeness (QED) is 0.663. The number of piperidine rings is 1. The molecule has 2 unspecified atom stereocenters. The highest BCUT2D eigenvalue weighted by atomic mass is 16.6. The first-order valence-corrected chi connectivity index (χ1v) is 12.6. The lowest BCUT2D eigenvalue weighted by atomic mass is 9.78. The SMILES string of the molecule is CC[N+]1(C(C)Cc2ccc3c(c2)OCCO3)CCC(C(N)C(=O)C2CCCCC2)CC1. The monoisotopic (exact) mass is 429 g/mol. The second kappa shape index (κ2) is 9.91. The molecular weight excluding hydrogens is 388 g/mol. The second-order valence-corrected chi connectivity index (χ2v) is 10.1. The van der Waals surface area contributed by atoms with Crippen molar-refractivity contribution in [2.75, 3.05) is 32.8 Å². The Hall–Kier alpha value is -1.59. The Balaban J connectivity index is 1.35. The molecule has 5 heteroatoms. The number of carbonyl (C=O) groups excluding carboxylic acids is 1. The van der Waals surface area contributed by atoms with Gasteiger partial charge in [0, 0.05) is 25.2 Å². The van der Waals surface area contributed by atoms with Crippen LogP contribution >= 0.6 is 0 Å². The molecule has 0 amide bonds. The van der Waals surface area contributed by atoms with E-state index in [1.165, 1.54) is 24.8 Å². The molecule has 5 nitrogen and oxygen atoms in total. The molecular formula is C26H41N2O3+. The number of hydrogen-bond donors (Lipinski definition) is 1. The maximum atomic E-state index is 13.0. The lowest BCUT2D eigenvalue weighted by Gasteiger charge is -2.48. The molecule has 0 aromatic heterocycles. The van der Waals surface area contributed by atoms with Crippen molar-refractivity contribution in [3.05, 3.63) is 23.8 Å². The fourth-order valence-electron chi connectivity index (χ4n) is 6.17. The number of fused-ring (bicyclic) bond motifs is 1. The highest BCUT2D eigenvalue weighted by molar-refractivity contribution is 5.86. The lowest BCUT2D eigenvalue weighted by Crippen LogP contribution is -2.60. The predicted molar refractivity (Wildman–Crippen MR) is 123 cm³/mol. The largest absolute Gasteiger partial charge is 0.486 e. The molecule has 1 saturated carbocycles. The molecule has 31 heavy (non-hydrogen) atoms. The molecule has 172 valence electrons. The summed E-state index contributed by atoms with van der Waals surface area (Å²) in [6.07, 6.45) is 8.95. The fourth-order valence-corrected chi connectivity index (χ4v) is 6.17. The van der Waals surface area contributed by atoms with Gasteiger partial charge in [0.15, 0.2) is 17.3 Å². The summed E-state index contributed by atoms with van der Waals surface area (Å²) in [6.45, 7) is 9.33. The summed E-state index contributed by atoms with van der Waals surface area (Å²) in [5, 5.41) is 0. The molecule has 0 radical (unpaired) electrons. The zero-order valence-corrected chi connectivity index (χ0v) is 19.5. The summed E-state index contributed by atoms with van der Waals surface area (Å²) >= 11 is 0. The molecule has 2 fully saturated rings. The van der Waals surface area contributed by atoms with E-state index < -0.39 is 0 Å². The van der Waals surface area contributed by atoms with Gasteiger partial charge in [0.1, 0.15) is 13.2 Å². The Labute approximate surface area is 187 Å². The van der Waals surface area contributed by atoms with Crippen LogP contribution < -0.4 is 15.2 Å². The van der Waals surface area contributed by atoms with Gasteiger partial charge in [-0.25, -0.2) is 0 Å². The van der Waals surface area contributed by atoms with Crippen LogP contribution in [0.2, 0.25) is 0 Å². The van der Waals surface area contributed by atoms with Gasteiger partial charge in [-0.2, -0.15) is 0 Å². The van der Waals surface area contributed by atoms with Crippen LogP contribution in [0.25, 0.3) is 0 Å². The van der Waals surface area contributed by atoms with Crippen LogP contribution in [0.15, 0.2) is 18.2 Å². The summed E-state index contributed by atoms with van der Waals surface area (Å²) in [5.41, 5.74) is 7.85. The summed E-state index contributed by atoms with van der Waals surface area (Å²) in [4.78, 5) is 13.0. The number of nitrogens with two attached hydrogens (primary N) is 1. The molecule has 2 aliphatic heterocycles. The maximum absolute atomic E-state index is 13.0. The van der Waals surface area contributed by atoms with Crippen molar-refractivity contribution in [1.29, 1.82) is 0 Å². The molecule has 1 aliphatic carbocycles. The lowest BCUT2D eigenvalue weighted by molar-refractivity contribution is -0.953. The van der Waals surface area contributed by atoms with Crippen LogP contribution in [0.1, 0.15) is 64.4 Å². The first kappa shape index (κ1) is 22.6. The summed E-state index contributed by atoms with van der Waals surface area (Å²) in [7, 11) is 0. The topological polar surface area (TPSA) is 61.6 Å². The fraction of sp³-hybridized carbons (Fsp3) is 0.731. The van der Waals surface area contributed by atoms with E-state index in [-0.39, 0.29) is 12.0 Å². The van der Waals surface area contributed by atoms with E-state index in [4.69, 9.17) is 15.2 Å². The van der Waals surface area contributed by atoms with Crippen LogP contribution in [0.5, 0.6) is 11.5 Å². The maximum Gasteiger partial charge on any atom is 0.161 e. The average Bonchev–Trinajstić information content (AvgIpc) is 2.83. The summed E-state index contributed by atoms with van der Waals surface area (Å²) < 4.78 is 12.6. The smallest absolute Gasteiger partial charge is 0.161 e. The number of hydrogen-bond acceptors (Lipinski definition) is 4. The Kier molecular flexibility index (Phi) is 7.22. The second-order valence-electron chi connectivity index (χ2n) is 10.1. The molecule has 0 spiro atoms. The van der Waals surface area contributed by atoms with E-state index >= 15 is 0 Å². The van der Waals surface area contributed by atoms with Crippen LogP contribution in [0.3, 0.4) is 0 Å². The highest BCUT2D eigenvalue weighted by Crippen LogP contribution is 2.34. The van der Waals surface area contributed by atoms with Crippen molar-refractivity contribution in [3.63, 3.8) is 0 Å². The van der Waals surface area contributed by atoms with Gasteiger partial charge in [0.2, 0.25) is 0 Å². The van der Waals surface area contributed by atoms with Crippen LogP contribution in [-0.2, 0) is 11.2 Å². The minimum atomic E-state index is -0.254. The molecule has 1 aromatic rings. The number of rotatable bonds is 7. The van der Waals surface area contributed by atoms with Gasteiger partial charge in [-0.05, 0) is 50.3 Å². The normalized spacial score (nSPS) is 28.7. The zero-order valence-electron chi connectivity index (χ0n) is 19.5. The van der Waals surface area contributed by atoms with Crippen molar-refractivity contribution < 1.29 is 18.8 Å². The molecule has 0 bridgehead atoms. The van der Waals surface area contributed by atoms with Crippen molar-refractivity contribution >= 4 is 5.78 Å². The molecule has 2 atom stereocenters. The van der Waals surface area contributed by atoms with Crippen LogP contribution in [-0.4, -0.2) is 55.2 Å². The third kappa shape index (κ3) is 4.93. The van der Waals surface area contributed by atoms with E-state index in [1.807, 2.05) is 0 Å². The van der Waals surface area contributed by atoms with E-state index in [0.29, 0.717) is 31.0 Å². The third-order valence-corrected chi connectivity index (χ3v) is 8.44. The third-order valence-electron chi connectivity index (χ3n) is 8.44. The van der Waals surface area contributed by atoms with E-state index in [9.17, 15) is 4.79 Å². The number of likely N-dealkylation sites (tertiary alicyclic amines) is 1. The Bertz CT molecular complexity index is 751. The van der Waals surface area contributed by atoms with Gasteiger partial charge < -0.3 is 19.7 Å². The van der Waals surface area contributed by atoms with Crippen molar-refractivity contribution in [1.82, 2.24) is 0 Å². The van der Waals surface area contributed by atoms with Crippen molar-refractivity contribution in [2.45, 2.75) is 77.3 Å². The molecule has 2 heterocycles.